The molecule has 1 aliphatic carbocycles. The summed E-state index contributed by atoms with van der Waals surface area (Å²) in [5.74, 6) is 0.776. The Morgan fingerprint density at radius 3 is 2.75 bits per heavy atom. The van der Waals surface area contributed by atoms with Gasteiger partial charge in [-0.25, -0.2) is 0 Å². The number of likely N-dealkylation sites (N-methyl/N-ethyl adjacent to an activating group) is 1. The van der Waals surface area contributed by atoms with Crippen LogP contribution in [0.4, 0.5) is 5.69 Å². The van der Waals surface area contributed by atoms with Gasteiger partial charge in [0.15, 0.2) is 0 Å². The molecule has 0 heterocycles. The fourth-order valence-corrected chi connectivity index (χ4v) is 2.77. The van der Waals surface area contributed by atoms with E-state index >= 15 is 0 Å². The van der Waals surface area contributed by atoms with Gasteiger partial charge in [0, 0.05) is 25.8 Å². The summed E-state index contributed by atoms with van der Waals surface area (Å²) < 4.78 is 5.34. The number of methoxy groups -OCH3 is 1. The first kappa shape index (κ1) is 14.5. The molecule has 1 aliphatic rings. The van der Waals surface area contributed by atoms with Gasteiger partial charge in [0.05, 0.1) is 12.4 Å². The molecule has 1 aromatic carbocycles. The number of rotatable bonds is 5. The minimum atomic E-state index is -0.0310. The number of nitrogens with zero attached hydrogens (tertiary/aromatic N) is 1. The largest absolute Gasteiger partial charge is 0.399 e. The number of benzene rings is 1. The summed E-state index contributed by atoms with van der Waals surface area (Å²) in [5.41, 5.74) is 7.62. The van der Waals surface area contributed by atoms with E-state index in [1.54, 1.807) is 19.1 Å². The highest BCUT2D eigenvalue weighted by molar-refractivity contribution is 5.94. The summed E-state index contributed by atoms with van der Waals surface area (Å²) >= 11 is 0. The van der Waals surface area contributed by atoms with Crippen LogP contribution in [0, 0.1) is 16.7 Å². The van der Waals surface area contributed by atoms with Crippen molar-refractivity contribution in [3.8, 4) is 0 Å². The molecular weight excluding hydrogens is 252 g/mol. The molecule has 1 fully saturated rings. The average molecular weight is 274 g/mol. The van der Waals surface area contributed by atoms with E-state index in [1.165, 1.54) is 6.34 Å². The fraction of sp³-hybridized carbons (Fsp3) is 0.467. The Balaban J connectivity index is 2.25. The third-order valence-electron chi connectivity index (χ3n) is 4.07. The number of nitrogens with one attached hydrogen (secondary N) is 2. The SMILES string of the molecule is COC1CC(C(C(=N)N(C)C=N)c2cccc(N)c2)C1. The molecule has 0 amide bonds. The standard InChI is InChI=1S/C15H22N4O/c1-19(9-16)15(18)14(11-7-13(8-11)20-2)10-4-3-5-12(17)6-10/h3-6,9,11,13-14,16,18H,7-8,17H2,1-2H3. The number of nitrogens with two attached hydrogens (primary N) is 1. The Kier molecular flexibility index (Phi) is 4.39. The summed E-state index contributed by atoms with van der Waals surface area (Å²) in [4.78, 5) is 1.55. The molecule has 0 saturated heterocycles. The maximum Gasteiger partial charge on any atom is 0.109 e. The van der Waals surface area contributed by atoms with E-state index in [9.17, 15) is 0 Å². The van der Waals surface area contributed by atoms with Crippen LogP contribution in [0.5, 0.6) is 0 Å². The zero-order chi connectivity index (χ0) is 14.7. The fourth-order valence-electron chi connectivity index (χ4n) is 2.77. The van der Waals surface area contributed by atoms with Crippen molar-refractivity contribution in [2.45, 2.75) is 24.9 Å². The number of ether oxygens (including phenoxy) is 1. The molecule has 0 aromatic heterocycles. The van der Waals surface area contributed by atoms with Crippen molar-refractivity contribution in [1.82, 2.24) is 4.90 Å². The first-order valence-electron chi connectivity index (χ1n) is 6.77. The Hall–Kier alpha value is -1.88. The lowest BCUT2D eigenvalue weighted by Gasteiger charge is -2.41. The highest BCUT2D eigenvalue weighted by atomic mass is 16.5. The van der Waals surface area contributed by atoms with E-state index < -0.39 is 0 Å². The lowest BCUT2D eigenvalue weighted by molar-refractivity contribution is -0.00228. The molecule has 4 N–H and O–H groups in total. The van der Waals surface area contributed by atoms with Crippen molar-refractivity contribution in [2.24, 2.45) is 5.92 Å². The third-order valence-corrected chi connectivity index (χ3v) is 4.07. The molecule has 2 rings (SSSR count). The maximum atomic E-state index is 8.34. The molecule has 1 atom stereocenters. The molecule has 5 nitrogen and oxygen atoms in total. The first-order chi connectivity index (χ1) is 9.56. The topological polar surface area (TPSA) is 86.2 Å². The molecule has 5 heteroatoms. The minimum absolute atomic E-state index is 0.0310. The van der Waals surface area contributed by atoms with Crippen molar-refractivity contribution in [1.29, 1.82) is 10.8 Å². The Morgan fingerprint density at radius 2 is 2.20 bits per heavy atom. The van der Waals surface area contributed by atoms with E-state index in [0.717, 1.165) is 18.4 Å². The highest BCUT2D eigenvalue weighted by Gasteiger charge is 2.38. The number of hydrogen-bond acceptors (Lipinski definition) is 4. The van der Waals surface area contributed by atoms with Gasteiger partial charge in [0.1, 0.15) is 5.84 Å². The molecule has 0 radical (unpaired) electrons. The van der Waals surface area contributed by atoms with Crippen LogP contribution in [-0.4, -0.2) is 37.3 Å². The van der Waals surface area contributed by atoms with Crippen molar-refractivity contribution in [3.05, 3.63) is 29.8 Å². The van der Waals surface area contributed by atoms with Gasteiger partial charge < -0.3 is 15.4 Å². The van der Waals surface area contributed by atoms with Gasteiger partial charge >= 0.3 is 0 Å². The monoisotopic (exact) mass is 274 g/mol. The lowest BCUT2D eigenvalue weighted by atomic mass is 9.70. The van der Waals surface area contributed by atoms with Crippen molar-refractivity contribution >= 4 is 17.9 Å². The number of hydrogen-bond donors (Lipinski definition) is 3. The average Bonchev–Trinajstić information content (AvgIpc) is 2.40. The van der Waals surface area contributed by atoms with Gasteiger partial charge in [-0.2, -0.15) is 0 Å². The molecule has 1 aromatic rings. The van der Waals surface area contributed by atoms with Crippen LogP contribution in [0.25, 0.3) is 0 Å². The van der Waals surface area contributed by atoms with E-state index in [-0.39, 0.29) is 5.92 Å². The smallest absolute Gasteiger partial charge is 0.109 e. The zero-order valence-electron chi connectivity index (χ0n) is 12.0. The summed E-state index contributed by atoms with van der Waals surface area (Å²) in [6.45, 7) is 0. The van der Waals surface area contributed by atoms with Crippen LogP contribution >= 0.6 is 0 Å². The zero-order valence-corrected chi connectivity index (χ0v) is 12.0. The predicted octanol–water partition coefficient (Wildman–Crippen LogP) is 2.29. The van der Waals surface area contributed by atoms with Crippen LogP contribution in [0.1, 0.15) is 24.3 Å². The van der Waals surface area contributed by atoms with Gasteiger partial charge in [-0.1, -0.05) is 12.1 Å². The third kappa shape index (κ3) is 2.82. The minimum Gasteiger partial charge on any atom is -0.399 e. The number of anilines is 1. The van der Waals surface area contributed by atoms with E-state index in [1.807, 2.05) is 24.3 Å². The summed E-state index contributed by atoms with van der Waals surface area (Å²) in [7, 11) is 3.46. The van der Waals surface area contributed by atoms with Crippen LogP contribution < -0.4 is 5.73 Å². The number of nitrogen functional groups attached to an aromatic ring is 1. The summed E-state index contributed by atoms with van der Waals surface area (Å²) in [6.07, 6.45) is 3.37. The van der Waals surface area contributed by atoms with Crippen molar-refractivity contribution in [2.75, 3.05) is 19.9 Å². The Labute approximate surface area is 119 Å². The normalized spacial score (nSPS) is 22.7. The van der Waals surface area contributed by atoms with Crippen LogP contribution in [0.15, 0.2) is 24.3 Å². The second-order valence-electron chi connectivity index (χ2n) is 5.36. The molecule has 0 bridgehead atoms. The maximum absolute atomic E-state index is 8.34. The molecule has 0 aliphatic heterocycles. The van der Waals surface area contributed by atoms with Crippen LogP contribution in [0.2, 0.25) is 0 Å². The van der Waals surface area contributed by atoms with Crippen molar-refractivity contribution in [3.63, 3.8) is 0 Å². The highest BCUT2D eigenvalue weighted by Crippen LogP contribution is 2.42. The summed E-state index contributed by atoms with van der Waals surface area (Å²) in [5, 5.41) is 15.7. The second-order valence-corrected chi connectivity index (χ2v) is 5.36. The molecule has 20 heavy (non-hydrogen) atoms. The molecule has 0 spiro atoms. The van der Waals surface area contributed by atoms with E-state index in [2.05, 4.69) is 0 Å². The molecule has 108 valence electrons. The second kappa shape index (κ2) is 6.05. The van der Waals surface area contributed by atoms with Crippen LogP contribution in [0.3, 0.4) is 0 Å². The number of amidine groups is 1. The quantitative estimate of drug-likeness (QED) is 0.437. The van der Waals surface area contributed by atoms with Gasteiger partial charge in [0.2, 0.25) is 0 Å². The van der Waals surface area contributed by atoms with Crippen molar-refractivity contribution < 1.29 is 4.74 Å². The van der Waals surface area contributed by atoms with E-state index in [4.69, 9.17) is 21.3 Å². The summed E-state index contributed by atoms with van der Waals surface area (Å²) in [6, 6.07) is 7.70. The molecule has 1 unspecified atom stereocenters. The van der Waals surface area contributed by atoms with Gasteiger partial charge in [0.25, 0.3) is 0 Å². The van der Waals surface area contributed by atoms with Gasteiger partial charge in [-0.15, -0.1) is 0 Å². The Bertz CT molecular complexity index is 496. The van der Waals surface area contributed by atoms with E-state index in [0.29, 0.717) is 23.5 Å². The van der Waals surface area contributed by atoms with Crippen LogP contribution in [-0.2, 0) is 4.74 Å². The molecule has 1 saturated carbocycles. The molecular formula is C15H22N4O. The van der Waals surface area contributed by atoms with Gasteiger partial charge in [-0.05, 0) is 36.5 Å². The lowest BCUT2D eigenvalue weighted by Crippen LogP contribution is -2.41. The Morgan fingerprint density at radius 1 is 1.50 bits per heavy atom. The van der Waals surface area contributed by atoms with Gasteiger partial charge in [-0.3, -0.25) is 10.8 Å². The first-order valence-corrected chi connectivity index (χ1v) is 6.77. The predicted molar refractivity (Wildman–Crippen MR) is 81.4 cm³/mol.